The smallest absolute Gasteiger partial charge is 0.211 e. The first-order chi connectivity index (χ1) is 8.12. The molecule has 1 aromatic carbocycles. The lowest BCUT2D eigenvalue weighted by Crippen LogP contribution is -2.64. The van der Waals surface area contributed by atoms with Crippen molar-refractivity contribution >= 4 is 0 Å². The van der Waals surface area contributed by atoms with Crippen molar-refractivity contribution in [1.82, 2.24) is 5.32 Å². The second kappa shape index (κ2) is 4.77. The van der Waals surface area contributed by atoms with Crippen molar-refractivity contribution in [3.05, 3.63) is 35.9 Å². The molecule has 0 bridgehead atoms. The number of rotatable bonds is 3. The number of benzene rings is 1. The van der Waals surface area contributed by atoms with Gasteiger partial charge in [0.05, 0.1) is 12.1 Å². The first-order valence-electron chi connectivity index (χ1n) is 6.29. The van der Waals surface area contributed by atoms with E-state index in [1.807, 2.05) is 37.3 Å². The van der Waals surface area contributed by atoms with E-state index in [0.717, 1.165) is 24.9 Å². The second-order valence-electron chi connectivity index (χ2n) is 4.87. The second-order valence-corrected chi connectivity index (χ2v) is 4.87. The SMILES string of the molecule is CCC[C@@]1(C)NCCO[C@]1(O)c1ccccc1. The molecule has 17 heavy (non-hydrogen) atoms. The van der Waals surface area contributed by atoms with Crippen LogP contribution in [0.25, 0.3) is 0 Å². The van der Waals surface area contributed by atoms with E-state index in [4.69, 9.17) is 4.74 Å². The van der Waals surface area contributed by atoms with Gasteiger partial charge in [0.25, 0.3) is 0 Å². The number of nitrogens with one attached hydrogen (secondary N) is 1. The summed E-state index contributed by atoms with van der Waals surface area (Å²) in [5.41, 5.74) is 0.393. The Kier molecular flexibility index (Phi) is 3.52. The van der Waals surface area contributed by atoms with Crippen LogP contribution in [-0.2, 0) is 10.5 Å². The molecule has 1 aliphatic heterocycles. The molecule has 0 saturated carbocycles. The number of hydrogen-bond donors (Lipinski definition) is 2. The van der Waals surface area contributed by atoms with Gasteiger partial charge in [-0.3, -0.25) is 0 Å². The maximum absolute atomic E-state index is 10.9. The summed E-state index contributed by atoms with van der Waals surface area (Å²) in [6, 6.07) is 9.64. The van der Waals surface area contributed by atoms with Gasteiger partial charge >= 0.3 is 0 Å². The van der Waals surface area contributed by atoms with Gasteiger partial charge in [-0.25, -0.2) is 0 Å². The van der Waals surface area contributed by atoms with Crippen LogP contribution in [0.5, 0.6) is 0 Å². The van der Waals surface area contributed by atoms with E-state index in [9.17, 15) is 5.11 Å². The minimum atomic E-state index is -1.23. The fourth-order valence-corrected chi connectivity index (χ4v) is 2.63. The normalized spacial score (nSPS) is 33.6. The first-order valence-corrected chi connectivity index (χ1v) is 6.29. The van der Waals surface area contributed by atoms with Crippen LogP contribution in [0.2, 0.25) is 0 Å². The highest BCUT2D eigenvalue weighted by molar-refractivity contribution is 5.25. The average Bonchev–Trinajstić information content (AvgIpc) is 2.35. The highest BCUT2D eigenvalue weighted by atomic mass is 16.6. The topological polar surface area (TPSA) is 41.5 Å². The summed E-state index contributed by atoms with van der Waals surface area (Å²) in [4.78, 5) is 0. The van der Waals surface area contributed by atoms with Crippen molar-refractivity contribution in [2.75, 3.05) is 13.2 Å². The van der Waals surface area contributed by atoms with E-state index in [2.05, 4.69) is 12.2 Å². The first kappa shape index (κ1) is 12.6. The predicted octanol–water partition coefficient (Wildman–Crippen LogP) is 2.01. The number of morpholine rings is 1. The summed E-state index contributed by atoms with van der Waals surface area (Å²) in [5, 5.41) is 14.3. The minimum absolute atomic E-state index is 0.429. The summed E-state index contributed by atoms with van der Waals surface area (Å²) >= 11 is 0. The molecule has 0 spiro atoms. The van der Waals surface area contributed by atoms with Gasteiger partial charge in [0.15, 0.2) is 0 Å². The molecule has 0 radical (unpaired) electrons. The van der Waals surface area contributed by atoms with Crippen LogP contribution < -0.4 is 5.32 Å². The zero-order valence-electron chi connectivity index (χ0n) is 10.6. The summed E-state index contributed by atoms with van der Waals surface area (Å²) in [5.74, 6) is -1.23. The molecule has 94 valence electrons. The molecule has 2 atom stereocenters. The van der Waals surface area contributed by atoms with Crippen LogP contribution in [0, 0.1) is 0 Å². The Hall–Kier alpha value is -0.900. The molecular weight excluding hydrogens is 214 g/mol. The summed E-state index contributed by atoms with van der Waals surface area (Å²) in [6.07, 6.45) is 1.88. The molecule has 0 aromatic heterocycles. The van der Waals surface area contributed by atoms with Crippen LogP contribution in [0.15, 0.2) is 30.3 Å². The summed E-state index contributed by atoms with van der Waals surface area (Å²) in [7, 11) is 0. The fourth-order valence-electron chi connectivity index (χ4n) is 2.63. The molecule has 3 nitrogen and oxygen atoms in total. The Labute approximate surface area is 103 Å². The Bertz CT molecular complexity index is 364. The van der Waals surface area contributed by atoms with Gasteiger partial charge in [-0.1, -0.05) is 43.7 Å². The van der Waals surface area contributed by atoms with Gasteiger partial charge in [0.1, 0.15) is 0 Å². The molecule has 1 saturated heterocycles. The van der Waals surface area contributed by atoms with Gasteiger partial charge in [0, 0.05) is 12.1 Å². The Morgan fingerprint density at radius 2 is 2.06 bits per heavy atom. The zero-order valence-corrected chi connectivity index (χ0v) is 10.6. The van der Waals surface area contributed by atoms with Crippen molar-refractivity contribution in [3.63, 3.8) is 0 Å². The van der Waals surface area contributed by atoms with Gasteiger partial charge in [-0.15, -0.1) is 0 Å². The maximum atomic E-state index is 10.9. The highest BCUT2D eigenvalue weighted by Gasteiger charge is 2.50. The average molecular weight is 235 g/mol. The van der Waals surface area contributed by atoms with E-state index in [1.165, 1.54) is 0 Å². The van der Waals surface area contributed by atoms with Gasteiger partial charge < -0.3 is 15.2 Å². The van der Waals surface area contributed by atoms with E-state index in [1.54, 1.807) is 0 Å². The lowest BCUT2D eigenvalue weighted by Gasteiger charge is -2.48. The van der Waals surface area contributed by atoms with Crippen LogP contribution >= 0.6 is 0 Å². The number of hydrogen-bond acceptors (Lipinski definition) is 3. The number of aliphatic hydroxyl groups is 1. The Morgan fingerprint density at radius 1 is 1.35 bits per heavy atom. The molecule has 3 heteroatoms. The lowest BCUT2D eigenvalue weighted by molar-refractivity contribution is -0.278. The molecule has 2 N–H and O–H groups in total. The molecular formula is C14H21NO2. The minimum Gasteiger partial charge on any atom is -0.360 e. The van der Waals surface area contributed by atoms with Crippen LogP contribution in [0.3, 0.4) is 0 Å². The standard InChI is InChI=1S/C14H21NO2/c1-3-9-13(2)14(16,17-11-10-15-13)12-7-5-4-6-8-12/h4-8,15-16H,3,9-11H2,1-2H3/t13-,14-/m1/s1. The van der Waals surface area contributed by atoms with Gasteiger partial charge in [-0.05, 0) is 13.3 Å². The van der Waals surface area contributed by atoms with Crippen LogP contribution in [0.1, 0.15) is 32.3 Å². The zero-order chi connectivity index (χ0) is 12.4. The van der Waals surface area contributed by atoms with Crippen molar-refractivity contribution in [2.45, 2.75) is 38.0 Å². The lowest BCUT2D eigenvalue weighted by atomic mass is 9.81. The largest absolute Gasteiger partial charge is 0.360 e. The summed E-state index contributed by atoms with van der Waals surface area (Å²) < 4.78 is 5.71. The summed E-state index contributed by atoms with van der Waals surface area (Å²) in [6.45, 7) is 5.46. The molecule has 0 amide bonds. The van der Waals surface area contributed by atoms with Gasteiger partial charge in [-0.2, -0.15) is 0 Å². The van der Waals surface area contributed by atoms with E-state index in [0.29, 0.717) is 6.61 Å². The third-order valence-corrected chi connectivity index (χ3v) is 3.59. The van der Waals surface area contributed by atoms with E-state index >= 15 is 0 Å². The number of ether oxygens (including phenoxy) is 1. The predicted molar refractivity (Wildman–Crippen MR) is 67.6 cm³/mol. The molecule has 1 aliphatic rings. The molecule has 0 aliphatic carbocycles. The molecule has 2 rings (SSSR count). The van der Waals surface area contributed by atoms with E-state index < -0.39 is 11.3 Å². The molecule has 1 fully saturated rings. The van der Waals surface area contributed by atoms with Crippen molar-refractivity contribution in [3.8, 4) is 0 Å². The van der Waals surface area contributed by atoms with Crippen LogP contribution in [-0.4, -0.2) is 23.8 Å². The van der Waals surface area contributed by atoms with Crippen molar-refractivity contribution in [1.29, 1.82) is 0 Å². The molecule has 1 heterocycles. The Morgan fingerprint density at radius 3 is 2.71 bits per heavy atom. The third-order valence-electron chi connectivity index (χ3n) is 3.59. The maximum Gasteiger partial charge on any atom is 0.211 e. The fraction of sp³-hybridized carbons (Fsp3) is 0.571. The quantitative estimate of drug-likeness (QED) is 0.842. The van der Waals surface area contributed by atoms with Gasteiger partial charge in [0.2, 0.25) is 5.79 Å². The molecule has 0 unspecified atom stereocenters. The monoisotopic (exact) mass is 235 g/mol. The molecule has 1 aromatic rings. The van der Waals surface area contributed by atoms with E-state index in [-0.39, 0.29) is 0 Å². The van der Waals surface area contributed by atoms with Crippen molar-refractivity contribution in [2.24, 2.45) is 0 Å². The van der Waals surface area contributed by atoms with Crippen molar-refractivity contribution < 1.29 is 9.84 Å². The Balaban J connectivity index is 2.38. The van der Waals surface area contributed by atoms with Crippen LogP contribution in [0.4, 0.5) is 0 Å². The highest BCUT2D eigenvalue weighted by Crippen LogP contribution is 2.39. The third kappa shape index (κ3) is 2.10.